The maximum Gasteiger partial charge on any atom is 0.142 e. The number of rotatable bonds is 5. The first-order valence-electron chi connectivity index (χ1n) is 9.94. The zero-order valence-electron chi connectivity index (χ0n) is 15.9. The zero-order valence-corrected chi connectivity index (χ0v) is 15.9. The number of benzene rings is 1. The van der Waals surface area contributed by atoms with Crippen molar-refractivity contribution in [2.24, 2.45) is 5.92 Å². The fourth-order valence-corrected chi connectivity index (χ4v) is 4.45. The minimum atomic E-state index is -0.340. The van der Waals surface area contributed by atoms with Crippen LogP contribution in [0.5, 0.6) is 0 Å². The third-order valence-electron chi connectivity index (χ3n) is 5.93. The largest absolute Gasteiger partial charge is 0.343 e. The lowest BCUT2D eigenvalue weighted by atomic mass is 9.84. The molecular weight excluding hydrogens is 342 g/mol. The maximum atomic E-state index is 14.7. The molecule has 1 fully saturated rings. The summed E-state index contributed by atoms with van der Waals surface area (Å²) >= 11 is 0. The van der Waals surface area contributed by atoms with Crippen LogP contribution in [0.2, 0.25) is 0 Å². The number of nitrogens with one attached hydrogen (secondary N) is 1. The number of aromatic amines is 1. The molecule has 2 heterocycles. The second kappa shape index (κ2) is 7.41. The number of H-pyrrole nitrogens is 1. The van der Waals surface area contributed by atoms with Gasteiger partial charge in [0.15, 0.2) is 0 Å². The second-order valence-corrected chi connectivity index (χ2v) is 8.19. The molecule has 1 atom stereocenters. The lowest BCUT2D eigenvalue weighted by Crippen LogP contribution is -2.08. The van der Waals surface area contributed by atoms with Crippen LogP contribution in [0.1, 0.15) is 74.6 Å². The molecule has 2 aromatic heterocycles. The van der Waals surface area contributed by atoms with Crippen LogP contribution >= 0.6 is 0 Å². The van der Waals surface area contributed by atoms with Crippen molar-refractivity contribution in [3.05, 3.63) is 65.0 Å². The summed E-state index contributed by atoms with van der Waals surface area (Å²) in [5.41, 5.74) is 3.41. The molecule has 0 aliphatic heterocycles. The summed E-state index contributed by atoms with van der Waals surface area (Å²) < 4.78 is 28.2. The zero-order chi connectivity index (χ0) is 19.0. The van der Waals surface area contributed by atoms with Gasteiger partial charge < -0.3 is 4.98 Å². The molecule has 1 unspecified atom stereocenters. The SMILES string of the molecule is CC(C)c1ccc(C(CC2CCCC2)c2cc3cc(F)cnc3[nH]2)cc1F. The molecule has 4 heteroatoms. The number of halogens is 2. The predicted molar refractivity (Wildman–Crippen MR) is 105 cm³/mol. The topological polar surface area (TPSA) is 28.7 Å². The Kier molecular flexibility index (Phi) is 4.98. The maximum absolute atomic E-state index is 14.7. The summed E-state index contributed by atoms with van der Waals surface area (Å²) in [5, 5.41) is 0.765. The van der Waals surface area contributed by atoms with E-state index in [1.54, 1.807) is 6.07 Å². The smallest absolute Gasteiger partial charge is 0.142 e. The first kappa shape index (κ1) is 18.1. The summed E-state index contributed by atoms with van der Waals surface area (Å²) in [7, 11) is 0. The van der Waals surface area contributed by atoms with Gasteiger partial charge in [-0.15, -0.1) is 0 Å². The molecule has 1 aliphatic carbocycles. The van der Waals surface area contributed by atoms with E-state index in [-0.39, 0.29) is 23.5 Å². The molecule has 1 N–H and O–H groups in total. The van der Waals surface area contributed by atoms with Crippen LogP contribution in [0.25, 0.3) is 11.0 Å². The van der Waals surface area contributed by atoms with Gasteiger partial charge in [0, 0.05) is 17.0 Å². The molecule has 0 bridgehead atoms. The number of pyridine rings is 1. The molecule has 142 valence electrons. The Balaban J connectivity index is 1.74. The highest BCUT2D eigenvalue weighted by molar-refractivity contribution is 5.76. The van der Waals surface area contributed by atoms with Gasteiger partial charge in [-0.25, -0.2) is 13.8 Å². The summed E-state index contributed by atoms with van der Waals surface area (Å²) in [6.45, 7) is 4.01. The summed E-state index contributed by atoms with van der Waals surface area (Å²) in [4.78, 5) is 7.51. The van der Waals surface area contributed by atoms with Crippen molar-refractivity contribution < 1.29 is 8.78 Å². The molecule has 3 aromatic rings. The fraction of sp³-hybridized carbons (Fsp3) is 0.435. The Bertz CT molecular complexity index is 939. The summed E-state index contributed by atoms with van der Waals surface area (Å²) in [6.07, 6.45) is 7.22. The van der Waals surface area contributed by atoms with E-state index in [4.69, 9.17) is 0 Å². The van der Waals surface area contributed by atoms with Crippen LogP contribution in [0.3, 0.4) is 0 Å². The molecule has 1 aliphatic rings. The van der Waals surface area contributed by atoms with Gasteiger partial charge in [0.2, 0.25) is 0 Å². The molecule has 0 spiro atoms. The second-order valence-electron chi connectivity index (χ2n) is 8.19. The highest BCUT2D eigenvalue weighted by Gasteiger charge is 2.25. The van der Waals surface area contributed by atoms with E-state index in [0.29, 0.717) is 11.6 Å². The van der Waals surface area contributed by atoms with Crippen molar-refractivity contribution in [2.45, 2.75) is 57.8 Å². The minimum absolute atomic E-state index is 0.0704. The number of aromatic nitrogens is 2. The molecule has 1 saturated carbocycles. The van der Waals surface area contributed by atoms with Crippen molar-refractivity contribution in [2.75, 3.05) is 0 Å². The van der Waals surface area contributed by atoms with Crippen LogP contribution in [0, 0.1) is 17.6 Å². The van der Waals surface area contributed by atoms with Crippen LogP contribution in [-0.4, -0.2) is 9.97 Å². The number of hydrogen-bond acceptors (Lipinski definition) is 1. The van der Waals surface area contributed by atoms with Gasteiger partial charge in [-0.3, -0.25) is 0 Å². The molecular formula is C23H26F2N2. The Morgan fingerprint density at radius 3 is 2.59 bits per heavy atom. The normalized spacial score (nSPS) is 16.5. The third kappa shape index (κ3) is 3.76. The first-order valence-corrected chi connectivity index (χ1v) is 9.94. The van der Waals surface area contributed by atoms with Crippen molar-refractivity contribution in [3.8, 4) is 0 Å². The highest BCUT2D eigenvalue weighted by Crippen LogP contribution is 2.39. The third-order valence-corrected chi connectivity index (χ3v) is 5.93. The first-order chi connectivity index (χ1) is 13.0. The van der Waals surface area contributed by atoms with E-state index in [1.807, 2.05) is 26.0 Å². The molecule has 2 nitrogen and oxygen atoms in total. The highest BCUT2D eigenvalue weighted by atomic mass is 19.1. The van der Waals surface area contributed by atoms with Gasteiger partial charge >= 0.3 is 0 Å². The van der Waals surface area contributed by atoms with E-state index in [9.17, 15) is 8.78 Å². The summed E-state index contributed by atoms with van der Waals surface area (Å²) in [6, 6.07) is 9.13. The molecule has 4 rings (SSSR count). The molecule has 1 aromatic carbocycles. The van der Waals surface area contributed by atoms with Gasteiger partial charge in [-0.1, -0.05) is 51.7 Å². The number of fused-ring (bicyclic) bond motifs is 1. The van der Waals surface area contributed by atoms with Crippen LogP contribution in [0.15, 0.2) is 36.5 Å². The van der Waals surface area contributed by atoms with Crippen molar-refractivity contribution in [1.82, 2.24) is 9.97 Å². The average molecular weight is 368 g/mol. The Labute approximate surface area is 159 Å². The van der Waals surface area contributed by atoms with E-state index >= 15 is 0 Å². The van der Waals surface area contributed by atoms with E-state index in [1.165, 1.54) is 37.9 Å². The van der Waals surface area contributed by atoms with Gasteiger partial charge in [-0.2, -0.15) is 0 Å². The number of hydrogen-bond donors (Lipinski definition) is 1. The Morgan fingerprint density at radius 2 is 1.89 bits per heavy atom. The van der Waals surface area contributed by atoms with Crippen molar-refractivity contribution >= 4 is 11.0 Å². The minimum Gasteiger partial charge on any atom is -0.343 e. The molecule has 0 radical (unpaired) electrons. The van der Waals surface area contributed by atoms with Crippen LogP contribution in [0.4, 0.5) is 8.78 Å². The summed E-state index contributed by atoms with van der Waals surface area (Å²) in [5.74, 6) is 0.402. The van der Waals surface area contributed by atoms with Crippen LogP contribution < -0.4 is 0 Å². The Morgan fingerprint density at radius 1 is 1.11 bits per heavy atom. The lowest BCUT2D eigenvalue weighted by molar-refractivity contribution is 0.468. The number of nitrogens with zero attached hydrogens (tertiary/aromatic N) is 1. The van der Waals surface area contributed by atoms with E-state index < -0.39 is 0 Å². The lowest BCUT2D eigenvalue weighted by Gasteiger charge is -2.21. The van der Waals surface area contributed by atoms with Gasteiger partial charge in [0.25, 0.3) is 0 Å². The van der Waals surface area contributed by atoms with Crippen molar-refractivity contribution in [3.63, 3.8) is 0 Å². The predicted octanol–water partition coefficient (Wildman–Crippen LogP) is 6.68. The fourth-order valence-electron chi connectivity index (χ4n) is 4.45. The van der Waals surface area contributed by atoms with Crippen LogP contribution in [-0.2, 0) is 0 Å². The standard InChI is InChI=1S/C23H26F2N2/c1-14(2)19-8-7-16(11-21(19)25)20(9-15-5-3-4-6-15)22-12-17-10-18(24)13-26-23(17)27-22/h7-8,10-15,20H,3-6,9H2,1-2H3,(H,26,27). The van der Waals surface area contributed by atoms with Crippen molar-refractivity contribution in [1.29, 1.82) is 0 Å². The monoisotopic (exact) mass is 368 g/mol. The van der Waals surface area contributed by atoms with E-state index in [2.05, 4.69) is 16.0 Å². The Hall–Kier alpha value is -2.23. The van der Waals surface area contributed by atoms with Gasteiger partial charge in [0.05, 0.1) is 6.20 Å². The molecule has 0 amide bonds. The molecule has 0 saturated heterocycles. The van der Waals surface area contributed by atoms with Gasteiger partial charge in [-0.05, 0) is 47.6 Å². The quantitative estimate of drug-likeness (QED) is 0.535. The molecule has 27 heavy (non-hydrogen) atoms. The van der Waals surface area contributed by atoms with Gasteiger partial charge in [0.1, 0.15) is 17.3 Å². The average Bonchev–Trinajstić information content (AvgIpc) is 3.28. The van der Waals surface area contributed by atoms with E-state index in [0.717, 1.165) is 28.6 Å².